The van der Waals surface area contributed by atoms with Crippen molar-refractivity contribution in [1.82, 2.24) is 4.90 Å². The van der Waals surface area contributed by atoms with Gasteiger partial charge in [0, 0.05) is 13.6 Å². The van der Waals surface area contributed by atoms with Crippen molar-refractivity contribution in [2.75, 3.05) is 13.6 Å². The molecule has 0 unspecified atom stereocenters. The Morgan fingerprint density at radius 1 is 1.20 bits per heavy atom. The van der Waals surface area contributed by atoms with Crippen LogP contribution in [0.25, 0.3) is 0 Å². The zero-order valence-electron chi connectivity index (χ0n) is 11.9. The molecule has 2 rings (SSSR count). The van der Waals surface area contributed by atoms with E-state index in [1.54, 1.807) is 7.05 Å². The summed E-state index contributed by atoms with van der Waals surface area (Å²) in [4.78, 5) is 24.0. The lowest BCUT2D eigenvalue weighted by molar-refractivity contribution is -0.138. The number of fused-ring (bicyclic) bond motifs is 1. The average Bonchev–Trinajstić information content (AvgIpc) is 2.44. The topological polar surface area (TPSA) is 57.6 Å². The van der Waals surface area contributed by atoms with Crippen LogP contribution < -0.4 is 0 Å². The number of carbonyl (C=O) groups excluding carboxylic acids is 1. The molecule has 4 nitrogen and oxygen atoms in total. The maximum atomic E-state index is 12.0. The Balaban J connectivity index is 1.95. The Morgan fingerprint density at radius 2 is 1.90 bits per heavy atom. The van der Waals surface area contributed by atoms with E-state index in [9.17, 15) is 9.59 Å². The number of likely N-dealkylation sites (N-methyl/N-ethyl adjacent to an activating group) is 1. The van der Waals surface area contributed by atoms with Gasteiger partial charge in [-0.15, -0.1) is 0 Å². The van der Waals surface area contributed by atoms with Crippen molar-refractivity contribution in [3.63, 3.8) is 0 Å². The Labute approximate surface area is 119 Å². The molecule has 0 aromatic heterocycles. The van der Waals surface area contributed by atoms with Gasteiger partial charge in [0.15, 0.2) is 0 Å². The van der Waals surface area contributed by atoms with Crippen molar-refractivity contribution < 1.29 is 14.7 Å². The summed E-state index contributed by atoms with van der Waals surface area (Å²) < 4.78 is 0. The van der Waals surface area contributed by atoms with Crippen molar-refractivity contribution in [2.24, 2.45) is 0 Å². The summed E-state index contributed by atoms with van der Waals surface area (Å²) in [6.45, 7) is 0.263. The first-order valence-electron chi connectivity index (χ1n) is 7.12. The smallest absolute Gasteiger partial charge is 0.305 e. The summed E-state index contributed by atoms with van der Waals surface area (Å²) >= 11 is 0. The predicted molar refractivity (Wildman–Crippen MR) is 76.7 cm³/mol. The fraction of sp³-hybridized carbons (Fsp3) is 0.500. The van der Waals surface area contributed by atoms with E-state index in [1.807, 2.05) is 6.07 Å². The van der Waals surface area contributed by atoms with E-state index in [4.69, 9.17) is 5.11 Å². The Morgan fingerprint density at radius 3 is 2.60 bits per heavy atom. The molecule has 0 saturated heterocycles. The molecule has 1 amide bonds. The molecular weight excluding hydrogens is 254 g/mol. The molecule has 1 N–H and O–H groups in total. The lowest BCUT2D eigenvalue weighted by Gasteiger charge is -2.18. The van der Waals surface area contributed by atoms with Crippen LogP contribution in [0, 0.1) is 0 Å². The normalized spacial score (nSPS) is 13.7. The van der Waals surface area contributed by atoms with Gasteiger partial charge in [0.1, 0.15) is 0 Å². The average molecular weight is 275 g/mol. The van der Waals surface area contributed by atoms with Crippen molar-refractivity contribution in [2.45, 2.75) is 38.5 Å². The minimum absolute atomic E-state index is 0.00751. The minimum Gasteiger partial charge on any atom is -0.481 e. The van der Waals surface area contributed by atoms with Crippen LogP contribution >= 0.6 is 0 Å². The number of hydrogen-bond acceptors (Lipinski definition) is 2. The second-order valence-electron chi connectivity index (χ2n) is 5.45. The monoisotopic (exact) mass is 275 g/mol. The maximum absolute atomic E-state index is 12.0. The lowest BCUT2D eigenvalue weighted by atomic mass is 9.90. The molecule has 0 heterocycles. The molecule has 1 aromatic rings. The Hall–Kier alpha value is -1.84. The van der Waals surface area contributed by atoms with Crippen molar-refractivity contribution in [3.8, 4) is 0 Å². The molecule has 20 heavy (non-hydrogen) atoms. The highest BCUT2D eigenvalue weighted by molar-refractivity contribution is 5.79. The summed E-state index contributed by atoms with van der Waals surface area (Å²) in [5, 5.41) is 8.63. The summed E-state index contributed by atoms with van der Waals surface area (Å²) in [7, 11) is 1.66. The number of nitrogens with zero attached hydrogens (tertiary/aromatic N) is 1. The number of aryl methyl sites for hydroxylation is 2. The first kappa shape index (κ1) is 14.6. The van der Waals surface area contributed by atoms with Gasteiger partial charge in [-0.25, -0.2) is 0 Å². The zero-order chi connectivity index (χ0) is 14.5. The van der Waals surface area contributed by atoms with Gasteiger partial charge in [0.05, 0.1) is 12.8 Å². The maximum Gasteiger partial charge on any atom is 0.305 e. The molecule has 0 bridgehead atoms. The van der Waals surface area contributed by atoms with Gasteiger partial charge in [-0.05, 0) is 42.4 Å². The number of carbonyl (C=O) groups is 2. The van der Waals surface area contributed by atoms with Crippen LogP contribution in [0.2, 0.25) is 0 Å². The fourth-order valence-corrected chi connectivity index (χ4v) is 2.59. The van der Waals surface area contributed by atoms with Gasteiger partial charge >= 0.3 is 5.97 Å². The van der Waals surface area contributed by atoms with Crippen molar-refractivity contribution >= 4 is 11.9 Å². The first-order chi connectivity index (χ1) is 9.56. The Kier molecular flexibility index (Phi) is 4.77. The molecule has 1 aromatic carbocycles. The van der Waals surface area contributed by atoms with Crippen LogP contribution in [0.3, 0.4) is 0 Å². The minimum atomic E-state index is -0.876. The molecule has 0 radical (unpaired) electrons. The van der Waals surface area contributed by atoms with Crippen LogP contribution in [0.15, 0.2) is 18.2 Å². The van der Waals surface area contributed by atoms with Crippen LogP contribution in [0.5, 0.6) is 0 Å². The molecular formula is C16H21NO3. The molecule has 0 fully saturated rings. The number of aliphatic carboxylic acids is 1. The first-order valence-corrected chi connectivity index (χ1v) is 7.12. The van der Waals surface area contributed by atoms with Crippen LogP contribution in [0.4, 0.5) is 0 Å². The number of benzene rings is 1. The van der Waals surface area contributed by atoms with Crippen LogP contribution in [-0.2, 0) is 28.9 Å². The highest BCUT2D eigenvalue weighted by Gasteiger charge is 2.14. The van der Waals surface area contributed by atoms with Gasteiger partial charge in [0.2, 0.25) is 5.91 Å². The van der Waals surface area contributed by atoms with Crippen LogP contribution in [-0.4, -0.2) is 35.5 Å². The molecule has 4 heteroatoms. The molecule has 1 aliphatic rings. The number of carboxylic acids is 1. The zero-order valence-corrected chi connectivity index (χ0v) is 11.9. The second kappa shape index (κ2) is 6.55. The van der Waals surface area contributed by atoms with Crippen molar-refractivity contribution in [1.29, 1.82) is 0 Å². The van der Waals surface area contributed by atoms with Gasteiger partial charge in [-0.2, -0.15) is 0 Å². The van der Waals surface area contributed by atoms with Gasteiger partial charge in [0.25, 0.3) is 0 Å². The van der Waals surface area contributed by atoms with E-state index in [1.165, 1.54) is 28.9 Å². The van der Waals surface area contributed by atoms with E-state index >= 15 is 0 Å². The third-order valence-electron chi connectivity index (χ3n) is 3.86. The van der Waals surface area contributed by atoms with Crippen LogP contribution in [0.1, 0.15) is 36.0 Å². The summed E-state index contributed by atoms with van der Waals surface area (Å²) in [6, 6.07) is 6.29. The number of carboxylic acid groups (broad SMARTS) is 1. The SMILES string of the molecule is CN(CCC(=O)O)C(=O)Cc1ccc2c(c1)CCCC2. The van der Waals surface area contributed by atoms with E-state index in [-0.39, 0.29) is 18.9 Å². The third kappa shape index (κ3) is 3.83. The molecule has 0 aliphatic heterocycles. The molecule has 108 valence electrons. The summed E-state index contributed by atoms with van der Waals surface area (Å²) in [5.74, 6) is -0.902. The number of amides is 1. The van der Waals surface area contributed by atoms with E-state index in [0.29, 0.717) is 6.42 Å². The Bertz CT molecular complexity index is 510. The van der Waals surface area contributed by atoms with Gasteiger partial charge in [-0.3, -0.25) is 9.59 Å². The second-order valence-corrected chi connectivity index (χ2v) is 5.45. The predicted octanol–water partition coefficient (Wildman–Crippen LogP) is 2.04. The third-order valence-corrected chi connectivity index (χ3v) is 3.86. The summed E-state index contributed by atoms with van der Waals surface area (Å²) in [5.41, 5.74) is 3.80. The number of hydrogen-bond donors (Lipinski definition) is 1. The molecule has 0 atom stereocenters. The van der Waals surface area contributed by atoms with Gasteiger partial charge < -0.3 is 10.0 Å². The van der Waals surface area contributed by atoms with E-state index < -0.39 is 5.97 Å². The molecule has 1 aliphatic carbocycles. The fourth-order valence-electron chi connectivity index (χ4n) is 2.59. The largest absolute Gasteiger partial charge is 0.481 e. The highest BCUT2D eigenvalue weighted by atomic mass is 16.4. The quantitative estimate of drug-likeness (QED) is 0.894. The van der Waals surface area contributed by atoms with Crippen molar-refractivity contribution in [3.05, 3.63) is 34.9 Å². The van der Waals surface area contributed by atoms with E-state index in [0.717, 1.165) is 18.4 Å². The standard InChI is InChI=1S/C16H21NO3/c1-17(9-8-16(19)20)15(18)11-12-6-7-13-4-2-3-5-14(13)10-12/h6-7,10H,2-5,8-9,11H2,1H3,(H,19,20). The molecule has 0 spiro atoms. The lowest BCUT2D eigenvalue weighted by Crippen LogP contribution is -2.30. The van der Waals surface area contributed by atoms with E-state index in [2.05, 4.69) is 12.1 Å². The van der Waals surface area contributed by atoms with Gasteiger partial charge in [-0.1, -0.05) is 18.2 Å². The highest BCUT2D eigenvalue weighted by Crippen LogP contribution is 2.22. The molecule has 0 saturated carbocycles. The summed E-state index contributed by atoms with van der Waals surface area (Å²) in [6.07, 6.45) is 5.07. The number of rotatable bonds is 5.